The van der Waals surface area contributed by atoms with Crippen molar-refractivity contribution in [3.63, 3.8) is 0 Å². The fraction of sp³-hybridized carbons (Fsp3) is 0.391. The lowest BCUT2D eigenvalue weighted by molar-refractivity contribution is -0.142. The van der Waals surface area contributed by atoms with E-state index in [-0.39, 0.29) is 29.3 Å². The van der Waals surface area contributed by atoms with Gasteiger partial charge in [0.1, 0.15) is 11.8 Å². The van der Waals surface area contributed by atoms with Crippen LogP contribution in [0, 0.1) is 12.8 Å². The Balaban J connectivity index is 1.69. The van der Waals surface area contributed by atoms with Crippen molar-refractivity contribution in [2.45, 2.75) is 44.3 Å². The van der Waals surface area contributed by atoms with Crippen LogP contribution in [0.1, 0.15) is 24.9 Å². The number of esters is 1. The second-order valence-corrected chi connectivity index (χ2v) is 11.1. The normalized spacial score (nSPS) is 22.9. The lowest BCUT2D eigenvalue weighted by Crippen LogP contribution is -2.40. The zero-order chi connectivity index (χ0) is 27.1. The fourth-order valence-corrected chi connectivity index (χ4v) is 6.68. The number of H-pyrrole nitrogens is 1. The van der Waals surface area contributed by atoms with E-state index in [0.717, 1.165) is 5.56 Å². The number of anilines is 1. The van der Waals surface area contributed by atoms with E-state index in [9.17, 15) is 24.4 Å². The Morgan fingerprint density at radius 2 is 2.05 bits per heavy atom. The van der Waals surface area contributed by atoms with Gasteiger partial charge in [-0.2, -0.15) is 4.98 Å². The molecule has 37 heavy (non-hydrogen) atoms. The molecular weight excluding hydrogens is 503 g/mol. The molecule has 1 aliphatic carbocycles. The van der Waals surface area contributed by atoms with Crippen molar-refractivity contribution in [1.82, 2.24) is 24.6 Å². The van der Waals surface area contributed by atoms with Gasteiger partial charge in [0.05, 0.1) is 25.6 Å². The number of aliphatic hydroxyl groups excluding tert-OH is 2. The van der Waals surface area contributed by atoms with Crippen LogP contribution in [0.2, 0.25) is 0 Å². The Morgan fingerprint density at radius 3 is 2.70 bits per heavy atom. The van der Waals surface area contributed by atoms with Crippen LogP contribution in [-0.4, -0.2) is 60.8 Å². The highest BCUT2D eigenvalue weighted by Gasteiger charge is 2.51. The molecule has 1 fully saturated rings. The van der Waals surface area contributed by atoms with E-state index in [2.05, 4.69) is 26.6 Å². The number of nitrogens with zero attached hydrogens (tertiary/aromatic N) is 3. The number of methoxy groups -OCH3 is 1. The Hall–Kier alpha value is -3.51. The van der Waals surface area contributed by atoms with E-state index < -0.39 is 49.0 Å². The van der Waals surface area contributed by atoms with Crippen LogP contribution >= 0.6 is 7.52 Å². The van der Waals surface area contributed by atoms with Gasteiger partial charge in [0, 0.05) is 5.92 Å². The summed E-state index contributed by atoms with van der Waals surface area (Å²) < 4.78 is 26.1. The molecule has 1 saturated carbocycles. The van der Waals surface area contributed by atoms with Gasteiger partial charge < -0.3 is 29.8 Å². The molecule has 0 radical (unpaired) electrons. The van der Waals surface area contributed by atoms with Crippen molar-refractivity contribution in [3.05, 3.63) is 58.7 Å². The molecule has 0 amide bonds. The number of nitrogens with one attached hydrogen (secondary N) is 2. The number of aromatic nitrogens is 4. The van der Waals surface area contributed by atoms with Crippen molar-refractivity contribution < 1.29 is 28.8 Å². The van der Waals surface area contributed by atoms with E-state index in [4.69, 9.17) is 15.0 Å². The van der Waals surface area contributed by atoms with E-state index in [1.807, 2.05) is 6.92 Å². The largest absolute Gasteiger partial charge is 0.468 e. The molecule has 0 aliphatic heterocycles. The first kappa shape index (κ1) is 26.6. The van der Waals surface area contributed by atoms with E-state index in [1.165, 1.54) is 24.9 Å². The predicted octanol–water partition coefficient (Wildman–Crippen LogP) is 1.23. The second-order valence-electron chi connectivity index (χ2n) is 8.98. The number of nitrogen functional groups attached to an aromatic ring is 1. The first-order valence-electron chi connectivity index (χ1n) is 11.4. The number of carbonyl (C=O) groups excluding carboxylic acids is 1. The third-order valence-electron chi connectivity index (χ3n) is 6.38. The molecule has 2 aromatic heterocycles. The molecule has 2 heterocycles. The number of imidazole rings is 1. The number of carbonyl (C=O) groups is 1. The van der Waals surface area contributed by atoms with Gasteiger partial charge >= 0.3 is 13.5 Å². The standard InChI is InChI=1S/C23H29N6O7P/c1-11-5-7-14(8-6-11)36-37(34,28-13(3)21(32)35-4)22(33)17-12(2)15(9-16(17)30)29-10-25-18-19(29)26-23(24)27-20(18)31/h5-8,10,13,15-17,22,30,33H,2,9H2,1,3-4H3,(H,28,34)(H3,24,26,27,31)/t13-,15-,16-,17+,22-,37?/m0/s1. The Labute approximate surface area is 211 Å². The quantitative estimate of drug-likeness (QED) is 0.159. The molecule has 1 aromatic carbocycles. The molecule has 1 unspecified atom stereocenters. The topological polar surface area (TPSA) is 195 Å². The number of aromatic amines is 1. The summed E-state index contributed by atoms with van der Waals surface area (Å²) in [5.74, 6) is -3.58. The van der Waals surface area contributed by atoms with Crippen LogP contribution in [0.3, 0.4) is 0 Å². The molecule has 198 valence electrons. The third-order valence-corrected chi connectivity index (χ3v) is 8.63. The molecule has 14 heteroatoms. The number of benzene rings is 1. The highest BCUT2D eigenvalue weighted by Crippen LogP contribution is 2.55. The van der Waals surface area contributed by atoms with Gasteiger partial charge in [-0.3, -0.25) is 19.1 Å². The molecule has 6 atom stereocenters. The molecule has 1 aliphatic rings. The summed E-state index contributed by atoms with van der Waals surface area (Å²) in [6, 6.07) is 4.87. The molecule has 3 aromatic rings. The smallest absolute Gasteiger partial charge is 0.346 e. The summed E-state index contributed by atoms with van der Waals surface area (Å²) in [7, 11) is -3.12. The number of hydrogen-bond acceptors (Lipinski definition) is 10. The molecule has 6 N–H and O–H groups in total. The SMILES string of the molecule is C=C1[C@@H]([C@@H](O)P(=O)(N[C@@H](C)C(=O)OC)Oc2ccc(C)cc2)[C@@H](O)C[C@@H]1n1cnc2c(=O)[nH]c(N)nc21. The summed E-state index contributed by atoms with van der Waals surface area (Å²) in [5.41, 5.74) is 6.62. The second kappa shape index (κ2) is 10.1. The maximum atomic E-state index is 14.1. The van der Waals surface area contributed by atoms with Gasteiger partial charge in [-0.05, 0) is 38.0 Å². The molecule has 0 spiro atoms. The van der Waals surface area contributed by atoms with Gasteiger partial charge in [0.2, 0.25) is 5.95 Å². The molecule has 13 nitrogen and oxygen atoms in total. The van der Waals surface area contributed by atoms with Crippen LogP contribution in [-0.2, 0) is 14.1 Å². The first-order chi connectivity index (χ1) is 17.4. The third kappa shape index (κ3) is 5.03. The summed E-state index contributed by atoms with van der Waals surface area (Å²) in [5, 5.41) is 25.0. The zero-order valence-electron chi connectivity index (χ0n) is 20.5. The molecule has 0 bridgehead atoms. The maximum absolute atomic E-state index is 14.1. The van der Waals surface area contributed by atoms with E-state index >= 15 is 0 Å². The minimum Gasteiger partial charge on any atom is -0.468 e. The van der Waals surface area contributed by atoms with Crippen molar-refractivity contribution in [1.29, 1.82) is 0 Å². The van der Waals surface area contributed by atoms with Crippen molar-refractivity contribution in [2.75, 3.05) is 12.8 Å². The van der Waals surface area contributed by atoms with E-state index in [0.29, 0.717) is 5.57 Å². The number of aliphatic hydroxyl groups is 2. The lowest BCUT2D eigenvalue weighted by atomic mass is 10.0. The van der Waals surface area contributed by atoms with Crippen LogP contribution in [0.4, 0.5) is 5.95 Å². The van der Waals surface area contributed by atoms with Gasteiger partial charge in [-0.25, -0.2) is 10.1 Å². The van der Waals surface area contributed by atoms with Crippen LogP contribution < -0.4 is 20.9 Å². The monoisotopic (exact) mass is 532 g/mol. The summed E-state index contributed by atoms with van der Waals surface area (Å²) >= 11 is 0. The summed E-state index contributed by atoms with van der Waals surface area (Å²) in [6.45, 7) is 7.33. The Kier molecular flexibility index (Phi) is 7.24. The Bertz CT molecular complexity index is 1440. The predicted molar refractivity (Wildman–Crippen MR) is 135 cm³/mol. The average Bonchev–Trinajstić information content (AvgIpc) is 3.39. The van der Waals surface area contributed by atoms with Crippen molar-refractivity contribution >= 4 is 30.6 Å². The van der Waals surface area contributed by atoms with Gasteiger partial charge in [-0.1, -0.05) is 24.3 Å². The zero-order valence-corrected chi connectivity index (χ0v) is 21.4. The highest BCUT2D eigenvalue weighted by atomic mass is 31.2. The number of aryl methyl sites for hydroxylation is 1. The van der Waals surface area contributed by atoms with Crippen LogP contribution in [0.15, 0.2) is 47.5 Å². The van der Waals surface area contributed by atoms with Crippen molar-refractivity contribution in [2.24, 2.45) is 5.92 Å². The minimum atomic E-state index is -4.29. The number of rotatable bonds is 8. The maximum Gasteiger partial charge on any atom is 0.346 e. The Morgan fingerprint density at radius 1 is 1.38 bits per heavy atom. The molecular formula is C23H29N6O7P. The number of nitrogens with two attached hydrogens (primary N) is 1. The van der Waals surface area contributed by atoms with Crippen LogP contribution in [0.5, 0.6) is 5.75 Å². The molecule has 4 rings (SSSR count). The minimum absolute atomic E-state index is 0.0439. The molecule has 0 saturated heterocycles. The van der Waals surface area contributed by atoms with Gasteiger partial charge in [-0.15, -0.1) is 0 Å². The summed E-state index contributed by atoms with van der Waals surface area (Å²) in [4.78, 5) is 34.9. The number of hydrogen-bond donors (Lipinski definition) is 5. The van der Waals surface area contributed by atoms with E-state index in [1.54, 1.807) is 24.3 Å². The van der Waals surface area contributed by atoms with Crippen LogP contribution in [0.25, 0.3) is 11.2 Å². The number of ether oxygens (including phenoxy) is 1. The number of fused-ring (bicyclic) bond motifs is 1. The van der Waals surface area contributed by atoms with Crippen molar-refractivity contribution in [3.8, 4) is 5.75 Å². The lowest BCUT2D eigenvalue weighted by Gasteiger charge is -2.32. The van der Waals surface area contributed by atoms with Gasteiger partial charge in [0.25, 0.3) is 5.56 Å². The average molecular weight is 532 g/mol. The fourth-order valence-electron chi connectivity index (χ4n) is 4.47. The highest BCUT2D eigenvalue weighted by molar-refractivity contribution is 7.57. The summed E-state index contributed by atoms with van der Waals surface area (Å²) in [6.07, 6.45) is 0.218. The first-order valence-corrected chi connectivity index (χ1v) is 13.1. The van der Waals surface area contributed by atoms with Gasteiger partial charge in [0.15, 0.2) is 17.0 Å².